The minimum absolute atomic E-state index is 0.0714. The lowest BCUT2D eigenvalue weighted by Gasteiger charge is -2.09. The molecule has 0 saturated carbocycles. The molecule has 2 aromatic carbocycles. The molecule has 0 atom stereocenters. The van der Waals surface area contributed by atoms with Crippen molar-refractivity contribution in [3.8, 4) is 5.75 Å². The van der Waals surface area contributed by atoms with Gasteiger partial charge in [-0.15, -0.1) is 0 Å². The second-order valence-electron chi connectivity index (χ2n) is 5.80. The van der Waals surface area contributed by atoms with Crippen LogP contribution in [0.1, 0.15) is 16.8 Å². The molecule has 1 aromatic heterocycles. The quantitative estimate of drug-likeness (QED) is 0.682. The fourth-order valence-corrected chi connectivity index (χ4v) is 2.67. The Morgan fingerprint density at radius 1 is 1.04 bits per heavy atom. The van der Waals surface area contributed by atoms with Crippen molar-refractivity contribution in [3.63, 3.8) is 0 Å². The van der Waals surface area contributed by atoms with E-state index in [4.69, 9.17) is 16.3 Å². The number of aromatic nitrogens is 1. The standard InChI is InChI=1S/C21H19ClN2O2/c22-20-10-2-1-7-17(20)13-21(25)24-14-16-6-5-9-19(12-16)26-15-18-8-3-4-11-23-18/h1-12H,13-15H2,(H,24,25). The molecule has 132 valence electrons. The highest BCUT2D eigenvalue weighted by atomic mass is 35.5. The van der Waals surface area contributed by atoms with Gasteiger partial charge in [0, 0.05) is 17.8 Å². The van der Waals surface area contributed by atoms with Gasteiger partial charge < -0.3 is 10.1 Å². The summed E-state index contributed by atoms with van der Waals surface area (Å²) in [5.41, 5.74) is 2.65. The van der Waals surface area contributed by atoms with Crippen LogP contribution in [0.15, 0.2) is 72.9 Å². The van der Waals surface area contributed by atoms with Crippen LogP contribution in [0.25, 0.3) is 0 Å². The Morgan fingerprint density at radius 3 is 2.69 bits per heavy atom. The molecule has 0 spiro atoms. The van der Waals surface area contributed by atoms with Gasteiger partial charge in [0.05, 0.1) is 12.1 Å². The molecular formula is C21H19ClN2O2. The molecule has 0 aliphatic carbocycles. The van der Waals surface area contributed by atoms with E-state index in [0.717, 1.165) is 22.6 Å². The largest absolute Gasteiger partial charge is 0.487 e. The molecule has 4 nitrogen and oxygen atoms in total. The third kappa shape index (κ3) is 5.33. The molecule has 0 bridgehead atoms. The normalized spacial score (nSPS) is 10.3. The van der Waals surface area contributed by atoms with E-state index >= 15 is 0 Å². The average molecular weight is 367 g/mol. The number of pyridine rings is 1. The highest BCUT2D eigenvalue weighted by Gasteiger charge is 2.07. The minimum atomic E-state index is -0.0714. The fourth-order valence-electron chi connectivity index (χ4n) is 2.46. The van der Waals surface area contributed by atoms with E-state index in [1.165, 1.54) is 0 Å². The van der Waals surface area contributed by atoms with E-state index in [9.17, 15) is 4.79 Å². The fraction of sp³-hybridized carbons (Fsp3) is 0.143. The first kappa shape index (κ1) is 18.0. The summed E-state index contributed by atoms with van der Waals surface area (Å²) < 4.78 is 5.76. The van der Waals surface area contributed by atoms with Crippen molar-refractivity contribution < 1.29 is 9.53 Å². The molecule has 1 N–H and O–H groups in total. The van der Waals surface area contributed by atoms with Crippen LogP contribution in [-0.4, -0.2) is 10.9 Å². The number of halogens is 1. The summed E-state index contributed by atoms with van der Waals surface area (Å²) in [7, 11) is 0. The van der Waals surface area contributed by atoms with Crippen LogP contribution in [0.5, 0.6) is 5.75 Å². The molecule has 3 rings (SSSR count). The lowest BCUT2D eigenvalue weighted by Crippen LogP contribution is -2.24. The first-order valence-electron chi connectivity index (χ1n) is 8.32. The number of hydrogen-bond acceptors (Lipinski definition) is 3. The second-order valence-corrected chi connectivity index (χ2v) is 6.21. The molecule has 3 aromatic rings. The Bertz CT molecular complexity index is 869. The van der Waals surface area contributed by atoms with Gasteiger partial charge in [-0.3, -0.25) is 9.78 Å². The minimum Gasteiger partial charge on any atom is -0.487 e. The summed E-state index contributed by atoms with van der Waals surface area (Å²) in [6, 6.07) is 20.7. The van der Waals surface area contributed by atoms with E-state index in [2.05, 4.69) is 10.3 Å². The number of hydrogen-bond donors (Lipinski definition) is 1. The van der Waals surface area contributed by atoms with Crippen molar-refractivity contribution in [2.45, 2.75) is 19.6 Å². The predicted molar refractivity (Wildman–Crippen MR) is 102 cm³/mol. The SMILES string of the molecule is O=C(Cc1ccccc1Cl)NCc1cccc(OCc2ccccn2)c1. The molecule has 0 fully saturated rings. The molecule has 1 amide bonds. The third-order valence-corrected chi connectivity index (χ3v) is 4.18. The smallest absolute Gasteiger partial charge is 0.224 e. The maximum Gasteiger partial charge on any atom is 0.224 e. The summed E-state index contributed by atoms with van der Waals surface area (Å²) in [5.74, 6) is 0.673. The first-order chi connectivity index (χ1) is 12.7. The summed E-state index contributed by atoms with van der Waals surface area (Å²) in [6.45, 7) is 0.841. The summed E-state index contributed by atoms with van der Waals surface area (Å²) in [4.78, 5) is 16.4. The molecule has 5 heteroatoms. The Labute approximate surface area is 157 Å². The number of nitrogens with one attached hydrogen (secondary N) is 1. The second kappa shape index (κ2) is 9.02. The van der Waals surface area contributed by atoms with E-state index < -0.39 is 0 Å². The van der Waals surface area contributed by atoms with Crippen LogP contribution in [0.4, 0.5) is 0 Å². The average Bonchev–Trinajstić information content (AvgIpc) is 2.68. The summed E-state index contributed by atoms with van der Waals surface area (Å²) >= 11 is 6.09. The van der Waals surface area contributed by atoms with Gasteiger partial charge in [0.2, 0.25) is 5.91 Å². The van der Waals surface area contributed by atoms with E-state index in [0.29, 0.717) is 18.2 Å². The van der Waals surface area contributed by atoms with E-state index in [1.807, 2.05) is 60.7 Å². The lowest BCUT2D eigenvalue weighted by molar-refractivity contribution is -0.120. The van der Waals surface area contributed by atoms with Crippen molar-refractivity contribution in [1.82, 2.24) is 10.3 Å². The van der Waals surface area contributed by atoms with Crippen molar-refractivity contribution in [3.05, 3.63) is 94.8 Å². The topological polar surface area (TPSA) is 51.2 Å². The molecular weight excluding hydrogens is 348 g/mol. The molecule has 0 saturated heterocycles. The van der Waals surface area contributed by atoms with Crippen molar-refractivity contribution in [2.75, 3.05) is 0 Å². The maximum absolute atomic E-state index is 12.1. The number of carbonyl (C=O) groups is 1. The zero-order chi connectivity index (χ0) is 18.2. The van der Waals surface area contributed by atoms with Gasteiger partial charge in [0.1, 0.15) is 12.4 Å². The van der Waals surface area contributed by atoms with Crippen molar-refractivity contribution in [2.24, 2.45) is 0 Å². The van der Waals surface area contributed by atoms with Crippen LogP contribution in [0.3, 0.4) is 0 Å². The molecule has 0 unspecified atom stereocenters. The number of ether oxygens (including phenoxy) is 1. The number of nitrogens with zero attached hydrogens (tertiary/aromatic N) is 1. The van der Waals surface area contributed by atoms with Gasteiger partial charge in [-0.2, -0.15) is 0 Å². The van der Waals surface area contributed by atoms with E-state index in [1.54, 1.807) is 12.3 Å². The highest BCUT2D eigenvalue weighted by Crippen LogP contribution is 2.16. The van der Waals surface area contributed by atoms with Crippen molar-refractivity contribution >= 4 is 17.5 Å². The molecule has 1 heterocycles. The van der Waals surface area contributed by atoms with Gasteiger partial charge in [-0.05, 0) is 41.5 Å². The molecule has 26 heavy (non-hydrogen) atoms. The Balaban J connectivity index is 1.52. The zero-order valence-electron chi connectivity index (χ0n) is 14.2. The summed E-state index contributed by atoms with van der Waals surface area (Å²) in [5, 5.41) is 3.51. The van der Waals surface area contributed by atoms with Gasteiger partial charge >= 0.3 is 0 Å². The van der Waals surface area contributed by atoms with Crippen LogP contribution >= 0.6 is 11.6 Å². The monoisotopic (exact) mass is 366 g/mol. The highest BCUT2D eigenvalue weighted by molar-refractivity contribution is 6.31. The third-order valence-electron chi connectivity index (χ3n) is 3.81. The zero-order valence-corrected chi connectivity index (χ0v) is 14.9. The van der Waals surface area contributed by atoms with Gasteiger partial charge in [0.25, 0.3) is 0 Å². The lowest BCUT2D eigenvalue weighted by atomic mass is 10.1. The van der Waals surface area contributed by atoms with Crippen molar-refractivity contribution in [1.29, 1.82) is 0 Å². The molecule has 0 aliphatic rings. The maximum atomic E-state index is 12.1. The van der Waals surface area contributed by atoms with Crippen LogP contribution in [0.2, 0.25) is 5.02 Å². The Kier molecular flexibility index (Phi) is 6.23. The number of rotatable bonds is 7. The van der Waals surface area contributed by atoms with Gasteiger partial charge in [-0.25, -0.2) is 0 Å². The van der Waals surface area contributed by atoms with E-state index in [-0.39, 0.29) is 12.3 Å². The Morgan fingerprint density at radius 2 is 1.88 bits per heavy atom. The Hall–Kier alpha value is -2.85. The predicted octanol–water partition coefficient (Wildman–Crippen LogP) is 4.17. The van der Waals surface area contributed by atoms with Gasteiger partial charge in [-0.1, -0.05) is 48.0 Å². The number of carbonyl (C=O) groups excluding carboxylic acids is 1. The van der Waals surface area contributed by atoms with Crippen LogP contribution < -0.4 is 10.1 Å². The molecule has 0 aliphatic heterocycles. The molecule has 0 radical (unpaired) electrons. The van der Waals surface area contributed by atoms with Crippen LogP contribution in [-0.2, 0) is 24.4 Å². The number of amides is 1. The summed E-state index contributed by atoms with van der Waals surface area (Å²) in [6.07, 6.45) is 2.00. The van der Waals surface area contributed by atoms with Crippen LogP contribution in [0, 0.1) is 0 Å². The number of benzene rings is 2. The van der Waals surface area contributed by atoms with Gasteiger partial charge in [0.15, 0.2) is 0 Å². The first-order valence-corrected chi connectivity index (χ1v) is 8.70.